The summed E-state index contributed by atoms with van der Waals surface area (Å²) in [4.78, 5) is 0. The first-order valence-electron chi connectivity index (χ1n) is 6.03. The van der Waals surface area contributed by atoms with Crippen LogP contribution in [-0.4, -0.2) is 0 Å². The number of aryl methyl sites for hydroxylation is 2. The van der Waals surface area contributed by atoms with Crippen molar-refractivity contribution in [2.24, 2.45) is 0 Å². The van der Waals surface area contributed by atoms with Crippen LogP contribution in [0, 0.1) is 13.8 Å². The van der Waals surface area contributed by atoms with Crippen LogP contribution in [0.4, 0.5) is 0 Å². The fourth-order valence-electron chi connectivity index (χ4n) is 1.94. The van der Waals surface area contributed by atoms with Gasteiger partial charge in [-0.05, 0) is 31.4 Å². The summed E-state index contributed by atoms with van der Waals surface area (Å²) < 4.78 is 0. The average Bonchev–Trinajstić information content (AvgIpc) is 2.29. The normalized spacial score (nSPS) is 10.9. The van der Waals surface area contributed by atoms with Crippen LogP contribution in [-0.2, 0) is 6.42 Å². The lowest BCUT2D eigenvalue weighted by Gasteiger charge is -1.98. The molecule has 0 atom stereocenters. The van der Waals surface area contributed by atoms with Crippen molar-refractivity contribution in [2.45, 2.75) is 20.3 Å². The molecule has 0 radical (unpaired) electrons. The summed E-state index contributed by atoms with van der Waals surface area (Å²) in [5, 5.41) is 0. The topological polar surface area (TPSA) is 0 Å². The third-order valence-corrected chi connectivity index (χ3v) is 2.79. The highest BCUT2D eigenvalue weighted by molar-refractivity contribution is 5.50. The quantitative estimate of drug-likeness (QED) is 0.714. The number of hydrogen-bond acceptors (Lipinski definition) is 0. The van der Waals surface area contributed by atoms with Crippen LogP contribution in [0.3, 0.4) is 0 Å². The molecule has 0 spiro atoms. The third kappa shape index (κ3) is 3.60. The molecule has 0 aliphatic rings. The van der Waals surface area contributed by atoms with E-state index < -0.39 is 0 Å². The van der Waals surface area contributed by atoms with E-state index in [1.807, 2.05) is 0 Å². The first-order valence-corrected chi connectivity index (χ1v) is 6.03. The van der Waals surface area contributed by atoms with E-state index in [2.05, 4.69) is 74.5 Å². The molecule has 0 saturated heterocycles. The molecule has 0 aliphatic heterocycles. The van der Waals surface area contributed by atoms with Crippen LogP contribution in [0.1, 0.15) is 22.3 Å². The molecule has 0 aromatic heterocycles. The van der Waals surface area contributed by atoms with Gasteiger partial charge in [-0.2, -0.15) is 0 Å². The Morgan fingerprint density at radius 2 is 1.59 bits per heavy atom. The highest BCUT2D eigenvalue weighted by Gasteiger charge is 1.90. The van der Waals surface area contributed by atoms with Gasteiger partial charge in [0.15, 0.2) is 0 Å². The third-order valence-electron chi connectivity index (χ3n) is 2.79. The van der Waals surface area contributed by atoms with Crippen molar-refractivity contribution in [3.8, 4) is 0 Å². The highest BCUT2D eigenvalue weighted by Crippen LogP contribution is 2.09. The maximum atomic E-state index is 2.24. The van der Waals surface area contributed by atoms with E-state index >= 15 is 0 Å². The molecule has 0 fully saturated rings. The van der Waals surface area contributed by atoms with E-state index in [1.165, 1.54) is 22.3 Å². The molecule has 2 rings (SSSR count). The lowest BCUT2D eigenvalue weighted by molar-refractivity contribution is 1.25. The summed E-state index contributed by atoms with van der Waals surface area (Å²) >= 11 is 0. The van der Waals surface area contributed by atoms with Crippen LogP contribution >= 0.6 is 0 Å². The molecule has 2 aromatic rings. The Morgan fingerprint density at radius 3 is 2.29 bits per heavy atom. The van der Waals surface area contributed by atoms with E-state index in [4.69, 9.17) is 0 Å². The molecule has 0 heterocycles. The van der Waals surface area contributed by atoms with Gasteiger partial charge in [0.05, 0.1) is 0 Å². The molecule has 0 nitrogen and oxygen atoms in total. The molecular weight excluding hydrogens is 204 g/mol. The van der Waals surface area contributed by atoms with Gasteiger partial charge in [0, 0.05) is 0 Å². The Hall–Kier alpha value is -1.82. The maximum absolute atomic E-state index is 2.24. The SMILES string of the molecule is Cc1cccc(/C=C/Cc2cccc(C)c2)c1. The molecule has 0 aliphatic carbocycles. The van der Waals surface area contributed by atoms with Crippen LogP contribution in [0.5, 0.6) is 0 Å². The molecule has 0 unspecified atom stereocenters. The minimum atomic E-state index is 0.996. The lowest BCUT2D eigenvalue weighted by Crippen LogP contribution is -1.82. The highest BCUT2D eigenvalue weighted by atomic mass is 14.0. The van der Waals surface area contributed by atoms with E-state index in [9.17, 15) is 0 Å². The molecule has 0 heteroatoms. The summed E-state index contributed by atoms with van der Waals surface area (Å²) in [6, 6.07) is 17.2. The van der Waals surface area contributed by atoms with Crippen molar-refractivity contribution in [3.05, 3.63) is 76.9 Å². The Kier molecular flexibility index (Phi) is 3.77. The predicted molar refractivity (Wildman–Crippen MR) is 75.1 cm³/mol. The van der Waals surface area contributed by atoms with Gasteiger partial charge in [0.2, 0.25) is 0 Å². The summed E-state index contributed by atoms with van der Waals surface area (Å²) in [7, 11) is 0. The Morgan fingerprint density at radius 1 is 0.882 bits per heavy atom. The van der Waals surface area contributed by atoms with Gasteiger partial charge in [-0.3, -0.25) is 0 Å². The Labute approximate surface area is 104 Å². The minimum absolute atomic E-state index is 0.996. The maximum Gasteiger partial charge on any atom is -0.00940 e. The zero-order valence-electron chi connectivity index (χ0n) is 10.5. The van der Waals surface area contributed by atoms with E-state index in [0.29, 0.717) is 0 Å². The number of benzene rings is 2. The van der Waals surface area contributed by atoms with Gasteiger partial charge in [0.25, 0.3) is 0 Å². The van der Waals surface area contributed by atoms with Gasteiger partial charge in [-0.25, -0.2) is 0 Å². The summed E-state index contributed by atoms with van der Waals surface area (Å²) in [5.74, 6) is 0. The average molecular weight is 222 g/mol. The van der Waals surface area contributed by atoms with E-state index in [-0.39, 0.29) is 0 Å². The first kappa shape index (κ1) is 11.7. The number of rotatable bonds is 3. The zero-order chi connectivity index (χ0) is 12.1. The monoisotopic (exact) mass is 222 g/mol. The molecule has 86 valence electrons. The molecule has 0 saturated carbocycles. The van der Waals surface area contributed by atoms with Gasteiger partial charge >= 0.3 is 0 Å². The van der Waals surface area contributed by atoms with Gasteiger partial charge in [-0.1, -0.05) is 71.8 Å². The first-order chi connectivity index (χ1) is 8.24. The summed E-state index contributed by atoms with van der Waals surface area (Å²) in [6.07, 6.45) is 5.41. The van der Waals surface area contributed by atoms with Crippen molar-refractivity contribution >= 4 is 6.08 Å². The zero-order valence-corrected chi connectivity index (χ0v) is 10.5. The number of hydrogen-bond donors (Lipinski definition) is 0. The Balaban J connectivity index is 2.03. The lowest BCUT2D eigenvalue weighted by atomic mass is 10.1. The second kappa shape index (κ2) is 5.49. The van der Waals surface area contributed by atoms with E-state index in [0.717, 1.165) is 6.42 Å². The summed E-state index contributed by atoms with van der Waals surface area (Å²) in [6.45, 7) is 4.26. The summed E-state index contributed by atoms with van der Waals surface area (Å²) in [5.41, 5.74) is 5.28. The number of allylic oxidation sites excluding steroid dienone is 1. The van der Waals surface area contributed by atoms with Crippen molar-refractivity contribution in [2.75, 3.05) is 0 Å². The fraction of sp³-hybridized carbons (Fsp3) is 0.176. The molecule has 0 N–H and O–H groups in total. The van der Waals surface area contributed by atoms with Gasteiger partial charge in [0.1, 0.15) is 0 Å². The second-order valence-electron chi connectivity index (χ2n) is 4.51. The Bertz CT molecular complexity index is 521. The molecule has 0 amide bonds. The second-order valence-corrected chi connectivity index (χ2v) is 4.51. The molecule has 0 bridgehead atoms. The van der Waals surface area contributed by atoms with Crippen LogP contribution < -0.4 is 0 Å². The van der Waals surface area contributed by atoms with Crippen LogP contribution in [0.15, 0.2) is 54.6 Å². The molecule has 17 heavy (non-hydrogen) atoms. The molecular formula is C17H18. The van der Waals surface area contributed by atoms with Crippen molar-refractivity contribution < 1.29 is 0 Å². The largest absolute Gasteiger partial charge is 0.0795 e. The van der Waals surface area contributed by atoms with E-state index in [1.54, 1.807) is 0 Å². The standard InChI is InChI=1S/C17H18/c1-14-6-3-8-16(12-14)10-5-11-17-9-4-7-15(2)13-17/h3-10,12-13H,11H2,1-2H3/b10-5+. The predicted octanol–water partition coefficient (Wildman–Crippen LogP) is 4.56. The van der Waals surface area contributed by atoms with Gasteiger partial charge in [-0.15, -0.1) is 0 Å². The smallest absolute Gasteiger partial charge is 0.00940 e. The van der Waals surface area contributed by atoms with Gasteiger partial charge < -0.3 is 0 Å². The molecule has 2 aromatic carbocycles. The van der Waals surface area contributed by atoms with Crippen molar-refractivity contribution in [1.29, 1.82) is 0 Å². The van der Waals surface area contributed by atoms with Crippen LogP contribution in [0.2, 0.25) is 0 Å². The minimum Gasteiger partial charge on any atom is -0.0795 e. The van der Waals surface area contributed by atoms with Crippen molar-refractivity contribution in [3.63, 3.8) is 0 Å². The van der Waals surface area contributed by atoms with Crippen molar-refractivity contribution in [1.82, 2.24) is 0 Å². The van der Waals surface area contributed by atoms with Crippen LogP contribution in [0.25, 0.3) is 6.08 Å². The fourth-order valence-corrected chi connectivity index (χ4v) is 1.94.